The minimum absolute atomic E-state index is 0.233. The topological polar surface area (TPSA) is 79.5 Å². The number of nitrogens with zero attached hydrogens (tertiary/aromatic N) is 5. The molecule has 4 heterocycles. The van der Waals surface area contributed by atoms with Gasteiger partial charge < -0.3 is 19.9 Å². The number of halogens is 1. The van der Waals surface area contributed by atoms with Gasteiger partial charge in [0.1, 0.15) is 5.52 Å². The van der Waals surface area contributed by atoms with Crippen LogP contribution in [-0.4, -0.2) is 50.2 Å². The number of piperazine rings is 1. The molecule has 166 valence electrons. The highest BCUT2D eigenvalue weighted by atomic mass is 19.1. The van der Waals surface area contributed by atoms with E-state index in [1.165, 1.54) is 6.07 Å². The van der Waals surface area contributed by atoms with Crippen molar-refractivity contribution in [2.24, 2.45) is 7.05 Å². The minimum Gasteiger partial charge on any atom is -0.368 e. The van der Waals surface area contributed by atoms with E-state index in [0.717, 1.165) is 24.2 Å². The first kappa shape index (κ1) is 20.4. The molecule has 0 spiro atoms. The molecule has 1 saturated heterocycles. The van der Waals surface area contributed by atoms with E-state index in [1.54, 1.807) is 34.5 Å². The number of carbonyl (C=O) groups is 1. The number of aryl methyl sites for hydroxylation is 2. The average Bonchev–Trinajstić information content (AvgIpc) is 3.28. The van der Waals surface area contributed by atoms with Crippen LogP contribution in [-0.2, 0) is 7.05 Å². The second kappa shape index (κ2) is 7.59. The average molecular weight is 436 g/mol. The molecule has 0 bridgehead atoms. The van der Waals surface area contributed by atoms with Crippen molar-refractivity contribution < 1.29 is 9.18 Å². The number of aromatic nitrogens is 4. The summed E-state index contributed by atoms with van der Waals surface area (Å²) in [4.78, 5) is 19.6. The maximum absolute atomic E-state index is 14.4. The quantitative estimate of drug-likeness (QED) is 0.517. The summed E-state index contributed by atoms with van der Waals surface area (Å²) >= 11 is 0. The van der Waals surface area contributed by atoms with Gasteiger partial charge in [0.25, 0.3) is 5.91 Å². The van der Waals surface area contributed by atoms with Crippen molar-refractivity contribution in [2.75, 3.05) is 23.3 Å². The molecule has 3 aromatic heterocycles. The van der Waals surface area contributed by atoms with Gasteiger partial charge >= 0.3 is 0 Å². The Hall–Kier alpha value is -3.46. The predicted molar refractivity (Wildman–Crippen MR) is 123 cm³/mol. The van der Waals surface area contributed by atoms with Crippen LogP contribution in [0.4, 0.5) is 15.8 Å². The van der Waals surface area contributed by atoms with Crippen LogP contribution in [0.15, 0.2) is 36.8 Å². The van der Waals surface area contributed by atoms with Crippen LogP contribution in [0.2, 0.25) is 0 Å². The second-order valence-corrected chi connectivity index (χ2v) is 8.72. The van der Waals surface area contributed by atoms with E-state index < -0.39 is 5.82 Å². The molecule has 1 aliphatic heterocycles. The molecule has 1 aromatic carbocycles. The summed E-state index contributed by atoms with van der Waals surface area (Å²) < 4.78 is 17.7. The molecular weight excluding hydrogens is 409 g/mol. The summed E-state index contributed by atoms with van der Waals surface area (Å²) in [5.41, 5.74) is 3.43. The molecule has 9 heteroatoms. The van der Waals surface area contributed by atoms with Gasteiger partial charge in [-0.3, -0.25) is 9.48 Å². The van der Waals surface area contributed by atoms with Crippen molar-refractivity contribution >= 4 is 33.8 Å². The highest BCUT2D eigenvalue weighted by Crippen LogP contribution is 2.30. The van der Waals surface area contributed by atoms with E-state index in [4.69, 9.17) is 0 Å². The van der Waals surface area contributed by atoms with Crippen molar-refractivity contribution in [3.05, 3.63) is 53.9 Å². The summed E-state index contributed by atoms with van der Waals surface area (Å²) in [6, 6.07) is 5.79. The van der Waals surface area contributed by atoms with Crippen molar-refractivity contribution in [1.29, 1.82) is 0 Å². The number of pyridine rings is 1. The van der Waals surface area contributed by atoms with Gasteiger partial charge in [0.15, 0.2) is 11.5 Å². The Morgan fingerprint density at radius 1 is 1.19 bits per heavy atom. The van der Waals surface area contributed by atoms with Gasteiger partial charge in [-0.1, -0.05) is 0 Å². The van der Waals surface area contributed by atoms with Gasteiger partial charge in [-0.05, 0) is 32.9 Å². The Morgan fingerprint density at radius 3 is 2.69 bits per heavy atom. The number of rotatable bonds is 3. The first-order chi connectivity index (χ1) is 15.3. The summed E-state index contributed by atoms with van der Waals surface area (Å²) in [7, 11) is 1.85. The van der Waals surface area contributed by atoms with Crippen LogP contribution < -0.4 is 15.5 Å². The van der Waals surface area contributed by atoms with Crippen LogP contribution in [0.25, 0.3) is 16.6 Å². The number of anilines is 2. The number of nitrogens with one attached hydrogen (secondary N) is 2. The summed E-state index contributed by atoms with van der Waals surface area (Å²) in [6.45, 7) is 7.89. The number of hydrogen-bond donors (Lipinski definition) is 2. The lowest BCUT2D eigenvalue weighted by atomic mass is 10.1. The summed E-state index contributed by atoms with van der Waals surface area (Å²) in [5.74, 6) is -0.825. The van der Waals surface area contributed by atoms with E-state index in [2.05, 4.69) is 39.5 Å². The monoisotopic (exact) mass is 435 g/mol. The third-order valence-corrected chi connectivity index (χ3v) is 5.80. The number of fused-ring (bicyclic) bond motifs is 2. The molecule has 5 rings (SSSR count). The SMILES string of the molecule is Cc1cn2cc(NC(=O)c3ccc(N4C[C@@H](C)N[C@@H](C)C4)c4cn(C)nc34)cc(F)c2n1. The summed E-state index contributed by atoms with van der Waals surface area (Å²) in [6.07, 6.45) is 5.32. The number of imidazole rings is 1. The van der Waals surface area contributed by atoms with Gasteiger partial charge in [0.2, 0.25) is 0 Å². The smallest absolute Gasteiger partial charge is 0.257 e. The van der Waals surface area contributed by atoms with Crippen LogP contribution in [0.1, 0.15) is 29.9 Å². The molecule has 0 saturated carbocycles. The van der Waals surface area contributed by atoms with E-state index in [-0.39, 0.29) is 11.6 Å². The molecule has 2 N–H and O–H groups in total. The second-order valence-electron chi connectivity index (χ2n) is 8.72. The van der Waals surface area contributed by atoms with E-state index in [9.17, 15) is 9.18 Å². The molecule has 8 nitrogen and oxygen atoms in total. The molecule has 0 aliphatic carbocycles. The van der Waals surface area contributed by atoms with Gasteiger partial charge in [-0.2, -0.15) is 5.10 Å². The van der Waals surface area contributed by atoms with Gasteiger partial charge in [-0.15, -0.1) is 0 Å². The number of benzene rings is 1. The van der Waals surface area contributed by atoms with Crippen molar-refractivity contribution in [3.8, 4) is 0 Å². The Bertz CT molecular complexity index is 1330. The van der Waals surface area contributed by atoms with Gasteiger partial charge in [-0.25, -0.2) is 9.37 Å². The van der Waals surface area contributed by atoms with Gasteiger partial charge in [0, 0.05) is 68.0 Å². The lowest BCUT2D eigenvalue weighted by molar-refractivity contribution is 0.102. The third-order valence-electron chi connectivity index (χ3n) is 5.80. The fourth-order valence-electron chi connectivity index (χ4n) is 4.63. The van der Waals surface area contributed by atoms with Crippen molar-refractivity contribution in [2.45, 2.75) is 32.9 Å². The first-order valence-corrected chi connectivity index (χ1v) is 10.7. The molecule has 1 fully saturated rings. The predicted octanol–water partition coefficient (Wildman–Crippen LogP) is 3.11. The molecule has 2 atom stereocenters. The lowest BCUT2D eigenvalue weighted by Crippen LogP contribution is -2.54. The highest BCUT2D eigenvalue weighted by Gasteiger charge is 2.25. The molecule has 32 heavy (non-hydrogen) atoms. The Balaban J connectivity index is 1.50. The minimum atomic E-state index is -0.490. The number of amides is 1. The normalized spacial score (nSPS) is 19.1. The Kier molecular flexibility index (Phi) is 4.85. The van der Waals surface area contributed by atoms with Crippen LogP contribution in [0, 0.1) is 12.7 Å². The standard InChI is InChI=1S/C23H26FN7O/c1-13-8-30(9-14(2)25-13)20-6-5-17(21-18(20)12-29(4)28-21)23(32)27-16-7-19(24)22-26-15(3)10-31(22)11-16/h5-7,10-14,25H,8-9H2,1-4H3,(H,27,32)/t13-,14+. The van der Waals surface area contributed by atoms with Crippen molar-refractivity contribution in [3.63, 3.8) is 0 Å². The number of carbonyl (C=O) groups excluding carboxylic acids is 1. The molecular formula is C23H26FN7O. The van der Waals surface area contributed by atoms with Crippen molar-refractivity contribution in [1.82, 2.24) is 24.5 Å². The third kappa shape index (κ3) is 3.58. The first-order valence-electron chi connectivity index (χ1n) is 10.7. The fraction of sp³-hybridized carbons (Fsp3) is 0.348. The van der Waals surface area contributed by atoms with Gasteiger partial charge in [0.05, 0.1) is 16.9 Å². The molecule has 4 aromatic rings. The summed E-state index contributed by atoms with van der Waals surface area (Å²) in [5, 5.41) is 11.8. The van der Waals surface area contributed by atoms with Crippen LogP contribution in [0.5, 0.6) is 0 Å². The van der Waals surface area contributed by atoms with E-state index in [0.29, 0.717) is 34.5 Å². The lowest BCUT2D eigenvalue weighted by Gasteiger charge is -2.38. The molecule has 1 aliphatic rings. The highest BCUT2D eigenvalue weighted by molar-refractivity contribution is 6.13. The zero-order valence-corrected chi connectivity index (χ0v) is 18.6. The molecule has 0 radical (unpaired) electrons. The van der Waals surface area contributed by atoms with Crippen LogP contribution in [0.3, 0.4) is 0 Å². The fourth-order valence-corrected chi connectivity index (χ4v) is 4.63. The maximum Gasteiger partial charge on any atom is 0.257 e. The largest absolute Gasteiger partial charge is 0.368 e. The Labute approximate surface area is 185 Å². The molecule has 0 unspecified atom stereocenters. The van der Waals surface area contributed by atoms with E-state index in [1.807, 2.05) is 19.3 Å². The molecule has 1 amide bonds. The maximum atomic E-state index is 14.4. The Morgan fingerprint density at radius 2 is 1.94 bits per heavy atom. The van der Waals surface area contributed by atoms with Crippen LogP contribution >= 0.6 is 0 Å². The zero-order valence-electron chi connectivity index (χ0n) is 18.6. The van der Waals surface area contributed by atoms with E-state index >= 15 is 0 Å². The zero-order chi connectivity index (χ0) is 22.6. The number of hydrogen-bond acceptors (Lipinski definition) is 5.